The smallest absolute Gasteiger partial charge is 0.224 e. The molecule has 11 heteroatoms. The lowest BCUT2D eigenvalue weighted by Gasteiger charge is -2.08. The minimum absolute atomic E-state index is 0.0857. The number of unbranched alkanes of at least 4 members (excludes halogenated alkanes) is 1. The summed E-state index contributed by atoms with van der Waals surface area (Å²) in [6.07, 6.45) is 11.8. The standard InChI is InChI=1S/C27H22FN9O/c1-2-3-6-20(38)33-17-10-16(12-30-13-17)23-22(28)21-19(14-32-23)36-37-25(21)27-34-24-18(7-9-31-26(24)35-27)15-5-4-8-29-11-15/h4-5,7-14H,2-3,6H2,1H3,(H,33,38)(H,36,37)(H,31,34,35). The molecule has 0 bridgehead atoms. The second-order valence-corrected chi connectivity index (χ2v) is 8.78. The lowest BCUT2D eigenvalue weighted by atomic mass is 10.1. The number of nitrogens with zero attached hydrogens (tertiary/aromatic N) is 6. The van der Waals surface area contributed by atoms with Crippen molar-refractivity contribution in [2.24, 2.45) is 0 Å². The van der Waals surface area contributed by atoms with Gasteiger partial charge in [0.05, 0.1) is 34.5 Å². The average Bonchev–Trinajstić information content (AvgIpc) is 3.57. The summed E-state index contributed by atoms with van der Waals surface area (Å²) in [6, 6.07) is 7.31. The SMILES string of the molecule is CCCCC(=O)Nc1cncc(-c2ncc3[nH]nc(-c4nc5nccc(-c6cccnc6)c5[nH]4)c3c2F)c1. The number of nitrogens with one attached hydrogen (secondary N) is 3. The first kappa shape index (κ1) is 23.3. The molecule has 0 unspecified atom stereocenters. The molecule has 6 aromatic heterocycles. The second-order valence-electron chi connectivity index (χ2n) is 8.78. The van der Waals surface area contributed by atoms with Crippen molar-refractivity contribution in [3.63, 3.8) is 0 Å². The van der Waals surface area contributed by atoms with Crippen LogP contribution >= 0.6 is 0 Å². The van der Waals surface area contributed by atoms with Gasteiger partial charge >= 0.3 is 0 Å². The predicted octanol–water partition coefficient (Wildman–Crippen LogP) is 5.29. The molecule has 0 aliphatic rings. The number of amides is 1. The van der Waals surface area contributed by atoms with Crippen LogP contribution in [0, 0.1) is 5.82 Å². The number of pyridine rings is 4. The molecule has 0 saturated heterocycles. The van der Waals surface area contributed by atoms with Gasteiger partial charge in [0.1, 0.15) is 11.4 Å². The van der Waals surface area contributed by atoms with Crippen molar-refractivity contribution in [3.05, 3.63) is 67.3 Å². The van der Waals surface area contributed by atoms with Crippen molar-refractivity contribution >= 4 is 33.7 Å². The first-order valence-electron chi connectivity index (χ1n) is 12.2. The zero-order chi connectivity index (χ0) is 26.1. The number of rotatable bonds is 7. The number of H-pyrrole nitrogens is 2. The second kappa shape index (κ2) is 9.77. The van der Waals surface area contributed by atoms with Crippen molar-refractivity contribution in [1.29, 1.82) is 0 Å². The molecule has 0 aromatic carbocycles. The third kappa shape index (κ3) is 4.23. The summed E-state index contributed by atoms with van der Waals surface area (Å²) < 4.78 is 16.0. The third-order valence-corrected chi connectivity index (χ3v) is 6.19. The summed E-state index contributed by atoms with van der Waals surface area (Å²) in [5, 5.41) is 10.2. The van der Waals surface area contributed by atoms with E-state index in [4.69, 9.17) is 0 Å². The van der Waals surface area contributed by atoms with Crippen LogP contribution in [0.15, 0.2) is 61.4 Å². The predicted molar refractivity (Wildman–Crippen MR) is 141 cm³/mol. The normalized spacial score (nSPS) is 11.3. The van der Waals surface area contributed by atoms with Gasteiger partial charge in [-0.1, -0.05) is 19.4 Å². The quantitative estimate of drug-likeness (QED) is 0.267. The van der Waals surface area contributed by atoms with Crippen molar-refractivity contribution in [2.45, 2.75) is 26.2 Å². The summed E-state index contributed by atoms with van der Waals surface area (Å²) in [6.45, 7) is 2.02. The molecule has 188 valence electrons. The zero-order valence-electron chi connectivity index (χ0n) is 20.4. The Bertz CT molecular complexity index is 1780. The molecule has 38 heavy (non-hydrogen) atoms. The molecule has 0 saturated carbocycles. The Morgan fingerprint density at radius 2 is 1.92 bits per heavy atom. The van der Waals surface area contributed by atoms with E-state index >= 15 is 4.39 Å². The molecule has 0 radical (unpaired) electrons. The third-order valence-electron chi connectivity index (χ3n) is 6.19. The van der Waals surface area contributed by atoms with Crippen LogP contribution in [0.2, 0.25) is 0 Å². The fourth-order valence-corrected chi connectivity index (χ4v) is 4.33. The fraction of sp³-hybridized carbons (Fsp3) is 0.148. The maximum atomic E-state index is 16.0. The van der Waals surface area contributed by atoms with E-state index in [1.807, 2.05) is 25.1 Å². The topological polar surface area (TPSA) is 138 Å². The van der Waals surface area contributed by atoms with Gasteiger partial charge in [-0.3, -0.25) is 24.8 Å². The van der Waals surface area contributed by atoms with E-state index in [1.54, 1.807) is 24.7 Å². The number of anilines is 1. The van der Waals surface area contributed by atoms with Crippen LogP contribution in [-0.4, -0.2) is 46.0 Å². The molecule has 0 aliphatic carbocycles. The monoisotopic (exact) mass is 507 g/mol. The van der Waals surface area contributed by atoms with Gasteiger partial charge in [0.15, 0.2) is 17.3 Å². The molecule has 10 nitrogen and oxygen atoms in total. The van der Waals surface area contributed by atoms with Gasteiger partial charge in [-0.05, 0) is 24.6 Å². The number of aromatic nitrogens is 8. The molecule has 0 aliphatic heterocycles. The molecular formula is C27H22FN9O. The molecule has 6 aromatic rings. The number of hydrogen-bond donors (Lipinski definition) is 3. The first-order chi connectivity index (χ1) is 18.6. The van der Waals surface area contributed by atoms with Crippen LogP contribution in [0.4, 0.5) is 10.1 Å². The Morgan fingerprint density at radius 3 is 2.76 bits per heavy atom. The largest absolute Gasteiger partial charge is 0.335 e. The molecule has 0 atom stereocenters. The summed E-state index contributed by atoms with van der Waals surface area (Å²) in [5.41, 5.74) is 4.63. The molecule has 6 rings (SSSR count). The van der Waals surface area contributed by atoms with E-state index in [0.29, 0.717) is 45.9 Å². The van der Waals surface area contributed by atoms with Crippen LogP contribution in [0.5, 0.6) is 0 Å². The first-order valence-corrected chi connectivity index (χ1v) is 12.2. The van der Waals surface area contributed by atoms with E-state index in [1.165, 1.54) is 18.6 Å². The molecule has 6 heterocycles. The molecule has 3 N–H and O–H groups in total. The highest BCUT2D eigenvalue weighted by atomic mass is 19.1. The van der Waals surface area contributed by atoms with E-state index in [-0.39, 0.29) is 17.0 Å². The van der Waals surface area contributed by atoms with E-state index < -0.39 is 5.82 Å². The summed E-state index contributed by atoms with van der Waals surface area (Å²) >= 11 is 0. The number of halogens is 1. The van der Waals surface area contributed by atoms with Crippen molar-refractivity contribution < 1.29 is 9.18 Å². The number of imidazole rings is 1. The van der Waals surface area contributed by atoms with Crippen LogP contribution < -0.4 is 5.32 Å². The number of aromatic amines is 2. The van der Waals surface area contributed by atoms with Gasteiger partial charge in [0.2, 0.25) is 5.91 Å². The molecule has 0 fully saturated rings. The number of fused-ring (bicyclic) bond motifs is 2. The van der Waals surface area contributed by atoms with E-state index in [2.05, 4.69) is 45.4 Å². The van der Waals surface area contributed by atoms with Gasteiger partial charge in [-0.25, -0.2) is 14.4 Å². The molecule has 0 spiro atoms. The Labute approximate surface area is 215 Å². The van der Waals surface area contributed by atoms with Crippen LogP contribution in [0.1, 0.15) is 26.2 Å². The summed E-state index contributed by atoms with van der Waals surface area (Å²) in [5.74, 6) is -0.333. The van der Waals surface area contributed by atoms with Gasteiger partial charge in [-0.15, -0.1) is 0 Å². The number of carbonyl (C=O) groups is 1. The van der Waals surface area contributed by atoms with E-state index in [9.17, 15) is 4.79 Å². The highest BCUT2D eigenvalue weighted by molar-refractivity contribution is 5.97. The van der Waals surface area contributed by atoms with E-state index in [0.717, 1.165) is 24.0 Å². The average molecular weight is 508 g/mol. The van der Waals surface area contributed by atoms with Crippen molar-refractivity contribution in [3.8, 4) is 33.9 Å². The minimum Gasteiger partial charge on any atom is -0.335 e. The minimum atomic E-state index is -0.580. The number of hydrogen-bond acceptors (Lipinski definition) is 7. The Kier molecular flexibility index (Phi) is 6.00. The summed E-state index contributed by atoms with van der Waals surface area (Å²) in [4.78, 5) is 37.0. The van der Waals surface area contributed by atoms with Gasteiger partial charge < -0.3 is 10.3 Å². The lowest BCUT2D eigenvalue weighted by Crippen LogP contribution is -2.11. The van der Waals surface area contributed by atoms with Crippen LogP contribution in [0.25, 0.3) is 56.0 Å². The zero-order valence-corrected chi connectivity index (χ0v) is 20.4. The Morgan fingerprint density at radius 1 is 1.03 bits per heavy atom. The van der Waals surface area contributed by atoms with Crippen molar-refractivity contribution in [2.75, 3.05) is 5.32 Å². The number of carbonyl (C=O) groups excluding carboxylic acids is 1. The van der Waals surface area contributed by atoms with Crippen LogP contribution in [-0.2, 0) is 4.79 Å². The van der Waals surface area contributed by atoms with Gasteiger partial charge in [0.25, 0.3) is 0 Å². The Balaban J connectivity index is 1.41. The Hall–Kier alpha value is -5.06. The van der Waals surface area contributed by atoms with Gasteiger partial charge in [-0.2, -0.15) is 5.10 Å². The maximum absolute atomic E-state index is 16.0. The van der Waals surface area contributed by atoms with Crippen molar-refractivity contribution in [1.82, 2.24) is 40.1 Å². The van der Waals surface area contributed by atoms with Gasteiger partial charge in [0, 0.05) is 47.9 Å². The fourth-order valence-electron chi connectivity index (χ4n) is 4.33. The molecular weight excluding hydrogens is 485 g/mol. The van der Waals surface area contributed by atoms with Crippen LogP contribution in [0.3, 0.4) is 0 Å². The highest BCUT2D eigenvalue weighted by Gasteiger charge is 2.21. The maximum Gasteiger partial charge on any atom is 0.224 e. The summed E-state index contributed by atoms with van der Waals surface area (Å²) in [7, 11) is 0. The highest BCUT2D eigenvalue weighted by Crippen LogP contribution is 2.34. The lowest BCUT2D eigenvalue weighted by molar-refractivity contribution is -0.116. The molecule has 1 amide bonds.